The molecule has 0 aliphatic heterocycles. The van der Waals surface area contributed by atoms with Crippen molar-refractivity contribution in [1.29, 1.82) is 0 Å². The fourth-order valence-electron chi connectivity index (χ4n) is 2.96. The number of ether oxygens (including phenoxy) is 1. The molecule has 0 amide bonds. The summed E-state index contributed by atoms with van der Waals surface area (Å²) in [6.45, 7) is 0.334. The van der Waals surface area contributed by atoms with Gasteiger partial charge in [-0.2, -0.15) is 5.10 Å². The highest BCUT2D eigenvalue weighted by Crippen LogP contribution is 2.27. The second kappa shape index (κ2) is 7.41. The lowest BCUT2D eigenvalue weighted by Crippen LogP contribution is -2.05. The van der Waals surface area contributed by atoms with Crippen molar-refractivity contribution in [1.82, 2.24) is 14.8 Å². The molecule has 5 heteroatoms. The van der Waals surface area contributed by atoms with Crippen LogP contribution in [0.15, 0.2) is 79.0 Å². The Hall–Kier alpha value is -3.47. The Bertz CT molecular complexity index is 1040. The van der Waals surface area contributed by atoms with Crippen LogP contribution in [0.2, 0.25) is 0 Å². The van der Waals surface area contributed by atoms with E-state index in [1.807, 2.05) is 59.3 Å². The Morgan fingerprint density at radius 1 is 0.926 bits per heavy atom. The van der Waals surface area contributed by atoms with E-state index in [2.05, 4.69) is 4.98 Å². The van der Waals surface area contributed by atoms with E-state index in [-0.39, 0.29) is 5.82 Å². The van der Waals surface area contributed by atoms with Crippen LogP contribution in [-0.4, -0.2) is 21.9 Å². The second-order valence-electron chi connectivity index (χ2n) is 6.11. The van der Waals surface area contributed by atoms with Crippen molar-refractivity contribution in [2.75, 3.05) is 7.11 Å². The van der Waals surface area contributed by atoms with Crippen molar-refractivity contribution in [2.24, 2.45) is 0 Å². The minimum absolute atomic E-state index is 0.243. The molecule has 0 radical (unpaired) electrons. The van der Waals surface area contributed by atoms with Crippen LogP contribution in [0.4, 0.5) is 4.39 Å². The fraction of sp³-hybridized carbons (Fsp3) is 0.0909. The van der Waals surface area contributed by atoms with Crippen molar-refractivity contribution < 1.29 is 9.13 Å². The molecule has 0 spiro atoms. The second-order valence-corrected chi connectivity index (χ2v) is 6.11. The summed E-state index contributed by atoms with van der Waals surface area (Å²) in [5.74, 6) is 0.539. The van der Waals surface area contributed by atoms with E-state index >= 15 is 0 Å². The molecule has 4 rings (SSSR count). The number of halogens is 1. The van der Waals surface area contributed by atoms with Crippen LogP contribution in [0.25, 0.3) is 22.6 Å². The molecule has 0 atom stereocenters. The molecule has 2 aromatic heterocycles. The molecule has 134 valence electrons. The summed E-state index contributed by atoms with van der Waals surface area (Å²) in [4.78, 5) is 4.38. The van der Waals surface area contributed by atoms with Crippen LogP contribution in [0.3, 0.4) is 0 Å². The quantitative estimate of drug-likeness (QED) is 0.513. The molecule has 0 aliphatic carbocycles. The summed E-state index contributed by atoms with van der Waals surface area (Å²) >= 11 is 0. The van der Waals surface area contributed by atoms with Crippen molar-refractivity contribution in [3.05, 3.63) is 90.4 Å². The van der Waals surface area contributed by atoms with E-state index < -0.39 is 0 Å². The van der Waals surface area contributed by atoms with Crippen LogP contribution < -0.4 is 4.74 Å². The summed E-state index contributed by atoms with van der Waals surface area (Å²) in [7, 11) is 1.64. The van der Waals surface area contributed by atoms with Gasteiger partial charge in [0, 0.05) is 17.3 Å². The maximum Gasteiger partial charge on any atom is 0.128 e. The molecule has 0 unspecified atom stereocenters. The fourth-order valence-corrected chi connectivity index (χ4v) is 2.96. The predicted octanol–water partition coefficient (Wildman–Crippen LogP) is 4.81. The molecule has 0 saturated heterocycles. The lowest BCUT2D eigenvalue weighted by molar-refractivity contribution is 0.415. The minimum Gasteiger partial charge on any atom is -0.497 e. The molecule has 4 aromatic rings. The predicted molar refractivity (Wildman–Crippen MR) is 103 cm³/mol. The van der Waals surface area contributed by atoms with Gasteiger partial charge in [-0.15, -0.1) is 0 Å². The molecule has 0 saturated carbocycles. The molecular weight excluding hydrogens is 341 g/mol. The smallest absolute Gasteiger partial charge is 0.128 e. The topological polar surface area (TPSA) is 39.9 Å². The molecule has 0 aliphatic rings. The highest BCUT2D eigenvalue weighted by atomic mass is 19.1. The number of nitrogens with zero attached hydrogens (tertiary/aromatic N) is 3. The molecule has 0 N–H and O–H groups in total. The van der Waals surface area contributed by atoms with Gasteiger partial charge in [0.25, 0.3) is 0 Å². The van der Waals surface area contributed by atoms with Gasteiger partial charge in [0.15, 0.2) is 0 Å². The average molecular weight is 359 g/mol. The molecule has 0 bridgehead atoms. The van der Waals surface area contributed by atoms with E-state index in [4.69, 9.17) is 9.84 Å². The number of pyridine rings is 1. The van der Waals surface area contributed by atoms with Crippen molar-refractivity contribution >= 4 is 0 Å². The first-order valence-corrected chi connectivity index (χ1v) is 8.61. The normalized spacial score (nSPS) is 10.7. The molecular formula is C22H18FN3O. The number of benzene rings is 2. The lowest BCUT2D eigenvalue weighted by Gasteiger charge is -2.09. The van der Waals surface area contributed by atoms with E-state index in [1.165, 1.54) is 6.07 Å². The van der Waals surface area contributed by atoms with Gasteiger partial charge < -0.3 is 4.74 Å². The Morgan fingerprint density at radius 2 is 1.70 bits per heavy atom. The third-order valence-electron chi connectivity index (χ3n) is 4.37. The first-order valence-electron chi connectivity index (χ1n) is 8.61. The monoisotopic (exact) mass is 359 g/mol. The van der Waals surface area contributed by atoms with Gasteiger partial charge in [-0.1, -0.05) is 24.3 Å². The summed E-state index contributed by atoms with van der Waals surface area (Å²) < 4.78 is 21.2. The van der Waals surface area contributed by atoms with Crippen LogP contribution in [-0.2, 0) is 6.54 Å². The van der Waals surface area contributed by atoms with Gasteiger partial charge in [-0.05, 0) is 48.5 Å². The molecule has 2 heterocycles. The Kier molecular flexibility index (Phi) is 4.66. The van der Waals surface area contributed by atoms with E-state index in [1.54, 1.807) is 25.4 Å². The van der Waals surface area contributed by atoms with Crippen molar-refractivity contribution in [3.63, 3.8) is 0 Å². The highest BCUT2D eigenvalue weighted by Gasteiger charge is 2.14. The van der Waals surface area contributed by atoms with Crippen LogP contribution in [0.1, 0.15) is 5.56 Å². The number of aromatic nitrogens is 3. The third-order valence-corrected chi connectivity index (χ3v) is 4.37. The minimum atomic E-state index is -0.243. The summed E-state index contributed by atoms with van der Waals surface area (Å²) in [5, 5.41) is 4.69. The Balaban J connectivity index is 1.79. The molecule has 4 nitrogen and oxygen atoms in total. The van der Waals surface area contributed by atoms with Crippen LogP contribution in [0.5, 0.6) is 5.75 Å². The van der Waals surface area contributed by atoms with E-state index in [0.29, 0.717) is 12.1 Å². The van der Waals surface area contributed by atoms with E-state index in [0.717, 1.165) is 28.4 Å². The number of methoxy groups -OCH3 is 1. The zero-order chi connectivity index (χ0) is 18.6. The lowest BCUT2D eigenvalue weighted by atomic mass is 10.1. The van der Waals surface area contributed by atoms with Gasteiger partial charge in [0.2, 0.25) is 0 Å². The van der Waals surface area contributed by atoms with Gasteiger partial charge in [-0.25, -0.2) is 4.39 Å². The van der Waals surface area contributed by atoms with Crippen LogP contribution in [0, 0.1) is 5.82 Å². The SMILES string of the molecule is COc1ccc(-c2cc(-c3ccccn3)nn2Cc2ccccc2F)cc1. The summed E-state index contributed by atoms with van der Waals surface area (Å²) in [6, 6.07) is 22.2. The highest BCUT2D eigenvalue weighted by molar-refractivity contribution is 5.67. The number of hydrogen-bond acceptors (Lipinski definition) is 3. The summed E-state index contributed by atoms with van der Waals surface area (Å²) in [5.41, 5.74) is 3.98. The maximum atomic E-state index is 14.2. The van der Waals surface area contributed by atoms with Crippen molar-refractivity contribution in [3.8, 4) is 28.4 Å². The zero-order valence-electron chi connectivity index (χ0n) is 14.8. The number of rotatable bonds is 5. The Labute approximate surface area is 156 Å². The maximum absolute atomic E-state index is 14.2. The van der Waals surface area contributed by atoms with Crippen LogP contribution >= 0.6 is 0 Å². The van der Waals surface area contributed by atoms with Gasteiger partial charge >= 0.3 is 0 Å². The molecule has 27 heavy (non-hydrogen) atoms. The first kappa shape index (κ1) is 17.0. The van der Waals surface area contributed by atoms with Gasteiger partial charge in [0.1, 0.15) is 17.3 Å². The summed E-state index contributed by atoms with van der Waals surface area (Å²) in [6.07, 6.45) is 1.73. The molecule has 0 fully saturated rings. The third kappa shape index (κ3) is 3.58. The van der Waals surface area contributed by atoms with E-state index in [9.17, 15) is 4.39 Å². The standard InChI is InChI=1S/C22H18FN3O/c1-27-18-11-9-16(10-12-18)22-14-21(20-8-4-5-13-24-20)25-26(22)15-17-6-2-3-7-19(17)23/h2-14H,15H2,1H3. The average Bonchev–Trinajstić information content (AvgIpc) is 3.14. The van der Waals surface area contributed by atoms with Gasteiger partial charge in [0.05, 0.1) is 25.0 Å². The molecule has 2 aromatic carbocycles. The number of hydrogen-bond donors (Lipinski definition) is 0. The largest absolute Gasteiger partial charge is 0.497 e. The Morgan fingerprint density at radius 3 is 2.41 bits per heavy atom. The first-order chi connectivity index (χ1) is 13.2. The van der Waals surface area contributed by atoms with Gasteiger partial charge in [-0.3, -0.25) is 9.67 Å². The van der Waals surface area contributed by atoms with Crippen molar-refractivity contribution in [2.45, 2.75) is 6.54 Å². The zero-order valence-corrected chi connectivity index (χ0v) is 14.8.